The van der Waals surface area contributed by atoms with Crippen molar-refractivity contribution >= 4 is 16.8 Å². The third-order valence-corrected chi connectivity index (χ3v) is 6.42. The maximum Gasteiger partial charge on any atom is 0.255 e. The molecular weight excluding hydrogens is 356 g/mol. The summed E-state index contributed by atoms with van der Waals surface area (Å²) < 4.78 is 2.24. The Hall–Kier alpha value is -3.33. The van der Waals surface area contributed by atoms with Crippen LogP contribution in [0.2, 0.25) is 0 Å². The van der Waals surface area contributed by atoms with Crippen molar-refractivity contribution in [2.45, 2.75) is 25.9 Å². The van der Waals surface area contributed by atoms with Gasteiger partial charge in [0.15, 0.2) is 0 Å². The first-order chi connectivity index (χ1) is 14.1. The van der Waals surface area contributed by atoms with Crippen LogP contribution < -0.4 is 0 Å². The maximum atomic E-state index is 13.6. The molecule has 1 aliphatic heterocycles. The van der Waals surface area contributed by atoms with Crippen LogP contribution in [0.4, 0.5) is 0 Å². The number of fused-ring (bicyclic) bond motifs is 2. The lowest BCUT2D eigenvalue weighted by atomic mass is 9.94. The van der Waals surface area contributed by atoms with Crippen LogP contribution in [-0.4, -0.2) is 15.4 Å². The number of hydrogen-bond donors (Lipinski definition) is 0. The molecule has 5 rings (SSSR count). The van der Waals surface area contributed by atoms with Crippen molar-refractivity contribution in [2.75, 3.05) is 0 Å². The Morgan fingerprint density at radius 1 is 0.862 bits per heavy atom. The number of hydrogen-bond acceptors (Lipinski definition) is 1. The molecule has 1 aliphatic rings. The number of carbonyl (C=O) groups excluding carboxylic acids is 1. The minimum absolute atomic E-state index is 0.0283. The van der Waals surface area contributed by atoms with E-state index < -0.39 is 0 Å². The Labute approximate surface area is 171 Å². The molecule has 0 bridgehead atoms. The zero-order valence-electron chi connectivity index (χ0n) is 17.0. The van der Waals surface area contributed by atoms with Crippen LogP contribution >= 0.6 is 0 Å². The topological polar surface area (TPSA) is 25.2 Å². The highest BCUT2D eigenvalue weighted by Gasteiger charge is 2.42. The number of para-hydroxylation sites is 1. The Morgan fingerprint density at radius 2 is 1.52 bits per heavy atom. The predicted octanol–water partition coefficient (Wildman–Crippen LogP) is 5.79. The predicted molar refractivity (Wildman–Crippen MR) is 117 cm³/mol. The van der Waals surface area contributed by atoms with Gasteiger partial charge in [-0.25, -0.2) is 0 Å². The van der Waals surface area contributed by atoms with E-state index in [-0.39, 0.29) is 18.0 Å². The second-order valence-corrected chi connectivity index (χ2v) is 7.86. The Kier molecular flexibility index (Phi) is 4.06. The molecule has 3 heteroatoms. The van der Waals surface area contributed by atoms with Gasteiger partial charge in [-0.3, -0.25) is 4.79 Å². The van der Waals surface area contributed by atoms with Crippen molar-refractivity contribution in [3.8, 4) is 0 Å². The van der Waals surface area contributed by atoms with Crippen LogP contribution in [0.25, 0.3) is 10.9 Å². The molecule has 0 aliphatic carbocycles. The molecule has 0 radical (unpaired) electrons. The van der Waals surface area contributed by atoms with E-state index in [1.54, 1.807) is 0 Å². The van der Waals surface area contributed by atoms with Gasteiger partial charge in [0.25, 0.3) is 5.91 Å². The van der Waals surface area contributed by atoms with E-state index in [0.29, 0.717) is 0 Å². The summed E-state index contributed by atoms with van der Waals surface area (Å²) in [5.74, 6) is 0.106. The Balaban J connectivity index is 1.77. The van der Waals surface area contributed by atoms with Gasteiger partial charge in [-0.05, 0) is 37.1 Å². The standard InChI is InChI=1S/C26H24N2O/c1-17(19-11-5-4-6-12-19)28-25(20-13-7-8-14-21(20)26(28)29)24-18(2)27(3)23-16-10-9-15-22(23)24/h4-17,25H,1-3H3/t17-,25+/m1/s1. The van der Waals surface area contributed by atoms with Gasteiger partial charge in [0.05, 0.1) is 12.1 Å². The molecule has 29 heavy (non-hydrogen) atoms. The number of benzene rings is 3. The van der Waals surface area contributed by atoms with Crippen molar-refractivity contribution in [3.05, 3.63) is 107 Å². The molecule has 0 unspecified atom stereocenters. The summed E-state index contributed by atoms with van der Waals surface area (Å²) in [6.07, 6.45) is 0. The minimum Gasteiger partial charge on any atom is -0.348 e. The van der Waals surface area contributed by atoms with Gasteiger partial charge in [-0.2, -0.15) is 0 Å². The van der Waals surface area contributed by atoms with Gasteiger partial charge < -0.3 is 9.47 Å². The third-order valence-electron chi connectivity index (χ3n) is 6.42. The molecule has 2 atom stereocenters. The van der Waals surface area contributed by atoms with Crippen molar-refractivity contribution in [3.63, 3.8) is 0 Å². The molecule has 0 spiro atoms. The highest BCUT2D eigenvalue weighted by atomic mass is 16.2. The number of amides is 1. The average Bonchev–Trinajstić information content (AvgIpc) is 3.19. The molecule has 4 aromatic rings. The van der Waals surface area contributed by atoms with Crippen molar-refractivity contribution < 1.29 is 4.79 Å². The summed E-state index contributed by atoms with van der Waals surface area (Å²) in [5, 5.41) is 1.22. The summed E-state index contributed by atoms with van der Waals surface area (Å²) >= 11 is 0. The molecule has 0 saturated carbocycles. The second-order valence-electron chi connectivity index (χ2n) is 7.86. The van der Waals surface area contributed by atoms with Gasteiger partial charge in [-0.15, -0.1) is 0 Å². The van der Waals surface area contributed by atoms with Crippen molar-refractivity contribution in [1.29, 1.82) is 0 Å². The monoisotopic (exact) mass is 380 g/mol. The second kappa shape index (κ2) is 6.63. The number of nitrogens with zero attached hydrogens (tertiary/aromatic N) is 2. The van der Waals surface area contributed by atoms with E-state index in [1.165, 1.54) is 22.2 Å². The molecular formula is C26H24N2O. The maximum absolute atomic E-state index is 13.6. The zero-order valence-corrected chi connectivity index (χ0v) is 17.0. The first kappa shape index (κ1) is 17.7. The molecule has 2 heterocycles. The first-order valence-electron chi connectivity index (χ1n) is 10.1. The van der Waals surface area contributed by atoms with Gasteiger partial charge in [0.2, 0.25) is 0 Å². The summed E-state index contributed by atoms with van der Waals surface area (Å²) in [6, 6.07) is 26.7. The van der Waals surface area contributed by atoms with Gasteiger partial charge in [0.1, 0.15) is 0 Å². The third kappa shape index (κ3) is 2.54. The smallest absolute Gasteiger partial charge is 0.255 e. The summed E-state index contributed by atoms with van der Waals surface area (Å²) in [4.78, 5) is 15.6. The molecule has 1 amide bonds. The largest absolute Gasteiger partial charge is 0.348 e. The summed E-state index contributed by atoms with van der Waals surface area (Å²) in [7, 11) is 2.11. The van der Waals surface area contributed by atoms with E-state index in [9.17, 15) is 4.79 Å². The SMILES string of the molecule is Cc1c([C@@H]2c3ccccc3C(=O)N2[C@H](C)c2ccccc2)c2ccccc2n1C. The lowest BCUT2D eigenvalue weighted by molar-refractivity contribution is 0.0677. The molecule has 0 N–H and O–H groups in total. The fraction of sp³-hybridized carbons (Fsp3) is 0.192. The van der Waals surface area contributed by atoms with Crippen LogP contribution in [0.5, 0.6) is 0 Å². The fourth-order valence-electron chi connectivity index (χ4n) is 4.82. The molecule has 0 fully saturated rings. The number of rotatable bonds is 3. The molecule has 3 aromatic carbocycles. The molecule has 144 valence electrons. The van der Waals surface area contributed by atoms with Crippen LogP contribution in [0.3, 0.4) is 0 Å². The normalized spacial score (nSPS) is 17.0. The minimum atomic E-state index is -0.0972. The van der Waals surface area contributed by atoms with Crippen LogP contribution in [-0.2, 0) is 7.05 Å². The quantitative estimate of drug-likeness (QED) is 0.441. The molecule has 3 nitrogen and oxygen atoms in total. The average molecular weight is 380 g/mol. The van der Waals surface area contributed by atoms with E-state index in [0.717, 1.165) is 16.7 Å². The Morgan fingerprint density at radius 3 is 2.31 bits per heavy atom. The molecule has 1 aromatic heterocycles. The first-order valence-corrected chi connectivity index (χ1v) is 10.1. The molecule has 0 saturated heterocycles. The van der Waals surface area contributed by atoms with Crippen molar-refractivity contribution in [1.82, 2.24) is 9.47 Å². The van der Waals surface area contributed by atoms with E-state index in [4.69, 9.17) is 0 Å². The Bertz CT molecular complexity index is 1220. The van der Waals surface area contributed by atoms with Crippen molar-refractivity contribution in [2.24, 2.45) is 7.05 Å². The number of aromatic nitrogens is 1. The van der Waals surface area contributed by atoms with Gasteiger partial charge >= 0.3 is 0 Å². The lowest BCUT2D eigenvalue weighted by Crippen LogP contribution is -2.32. The van der Waals surface area contributed by atoms with E-state index in [1.807, 2.05) is 36.4 Å². The lowest BCUT2D eigenvalue weighted by Gasteiger charge is -2.32. The summed E-state index contributed by atoms with van der Waals surface area (Å²) in [6.45, 7) is 4.29. The van der Waals surface area contributed by atoms with Gasteiger partial charge in [-0.1, -0.05) is 66.7 Å². The highest BCUT2D eigenvalue weighted by Crippen LogP contribution is 2.46. The van der Waals surface area contributed by atoms with Gasteiger partial charge in [0, 0.05) is 34.8 Å². The zero-order chi connectivity index (χ0) is 20.1. The number of aryl methyl sites for hydroxylation is 1. The highest BCUT2D eigenvalue weighted by molar-refractivity contribution is 6.01. The van der Waals surface area contributed by atoms with Crippen LogP contribution in [0.15, 0.2) is 78.9 Å². The summed E-state index contributed by atoms with van der Waals surface area (Å²) in [5.41, 5.74) is 6.68. The van der Waals surface area contributed by atoms with Crippen LogP contribution in [0, 0.1) is 6.92 Å². The van der Waals surface area contributed by atoms with E-state index >= 15 is 0 Å². The fourth-order valence-corrected chi connectivity index (χ4v) is 4.82. The number of carbonyl (C=O) groups is 1. The van der Waals surface area contributed by atoms with E-state index in [2.05, 4.69) is 72.8 Å². The van der Waals surface area contributed by atoms with Crippen LogP contribution in [0.1, 0.15) is 51.7 Å².